The predicted molar refractivity (Wildman–Crippen MR) is 68.0 cm³/mol. The van der Waals surface area contributed by atoms with Crippen molar-refractivity contribution >= 4 is 0 Å². The first-order valence-corrected chi connectivity index (χ1v) is 6.87. The van der Waals surface area contributed by atoms with Crippen molar-refractivity contribution in [3.05, 3.63) is 12.2 Å². The number of rotatable bonds is 4. The van der Waals surface area contributed by atoms with Gasteiger partial charge >= 0.3 is 0 Å². The first kappa shape index (κ1) is 12.2. The van der Waals surface area contributed by atoms with Crippen LogP contribution in [0.25, 0.3) is 0 Å². The largest absolute Gasteiger partial charge is 0.393 e. The fourth-order valence-electron chi connectivity index (χ4n) is 4.02. The average Bonchev–Trinajstić information content (AvgIpc) is 2.74. The van der Waals surface area contributed by atoms with Crippen LogP contribution in [0.4, 0.5) is 0 Å². The molecule has 16 heavy (non-hydrogen) atoms. The van der Waals surface area contributed by atoms with E-state index in [9.17, 15) is 5.11 Å². The summed E-state index contributed by atoms with van der Waals surface area (Å²) in [5.41, 5.74) is 0. The molecular weight excluding hydrogens is 196 g/mol. The topological polar surface area (TPSA) is 20.2 Å². The maximum Gasteiger partial charge on any atom is 0.0579 e. The zero-order chi connectivity index (χ0) is 11.9. The molecule has 5 atom stereocenters. The van der Waals surface area contributed by atoms with Gasteiger partial charge in [0, 0.05) is 0 Å². The van der Waals surface area contributed by atoms with Crippen LogP contribution in [-0.4, -0.2) is 11.2 Å². The molecule has 0 heterocycles. The van der Waals surface area contributed by atoms with E-state index in [1.165, 1.54) is 6.42 Å². The summed E-state index contributed by atoms with van der Waals surface area (Å²) in [5, 5.41) is 10.4. The minimum Gasteiger partial charge on any atom is -0.393 e. The molecule has 2 bridgehead atoms. The van der Waals surface area contributed by atoms with E-state index in [0.717, 1.165) is 12.3 Å². The van der Waals surface area contributed by atoms with Crippen molar-refractivity contribution in [2.24, 2.45) is 35.5 Å². The average molecular weight is 222 g/mol. The summed E-state index contributed by atoms with van der Waals surface area (Å²) in [4.78, 5) is 0. The fourth-order valence-corrected chi connectivity index (χ4v) is 4.02. The molecule has 1 fully saturated rings. The van der Waals surface area contributed by atoms with Crippen LogP contribution in [0.3, 0.4) is 0 Å². The van der Waals surface area contributed by atoms with E-state index >= 15 is 0 Å². The lowest BCUT2D eigenvalue weighted by Crippen LogP contribution is -2.34. The number of aliphatic hydroxyl groups is 1. The molecule has 0 aromatic heterocycles. The van der Waals surface area contributed by atoms with Gasteiger partial charge < -0.3 is 5.11 Å². The molecule has 1 heteroatoms. The Morgan fingerprint density at radius 2 is 1.62 bits per heavy atom. The number of aliphatic hydroxyl groups excluding tert-OH is 1. The molecule has 2 rings (SSSR count). The Bertz CT molecular complexity index is 267. The van der Waals surface area contributed by atoms with Crippen LogP contribution >= 0.6 is 0 Å². The molecule has 0 amide bonds. The van der Waals surface area contributed by atoms with Crippen LogP contribution < -0.4 is 0 Å². The Labute approximate surface area is 99.9 Å². The zero-order valence-electron chi connectivity index (χ0n) is 11.1. The predicted octanol–water partition coefficient (Wildman–Crippen LogP) is 3.49. The van der Waals surface area contributed by atoms with E-state index in [0.29, 0.717) is 29.6 Å². The normalized spacial score (nSPS) is 38.9. The third kappa shape index (κ3) is 2.07. The van der Waals surface area contributed by atoms with Crippen molar-refractivity contribution in [1.29, 1.82) is 0 Å². The molecule has 1 nitrogen and oxygen atoms in total. The van der Waals surface area contributed by atoms with E-state index in [-0.39, 0.29) is 6.10 Å². The summed E-state index contributed by atoms with van der Waals surface area (Å²) < 4.78 is 0. The molecule has 0 saturated heterocycles. The van der Waals surface area contributed by atoms with E-state index < -0.39 is 0 Å². The molecule has 1 N–H and O–H groups in total. The Morgan fingerprint density at radius 1 is 1.06 bits per heavy atom. The third-order valence-corrected chi connectivity index (χ3v) is 4.51. The highest BCUT2D eigenvalue weighted by Gasteiger charge is 2.48. The Kier molecular flexibility index (Phi) is 3.44. The van der Waals surface area contributed by atoms with Gasteiger partial charge in [0.25, 0.3) is 0 Å². The molecule has 1 saturated carbocycles. The Hall–Kier alpha value is -0.300. The molecule has 92 valence electrons. The SMILES string of the molecule is CC(C)C[C@@H](O)C1[C@@H](C(C)C)[C@H]2C=C[C@@H]1C2. The summed E-state index contributed by atoms with van der Waals surface area (Å²) in [6.07, 6.45) is 6.92. The van der Waals surface area contributed by atoms with Crippen molar-refractivity contribution in [3.63, 3.8) is 0 Å². The summed E-state index contributed by atoms with van der Waals surface area (Å²) in [5.74, 6) is 3.95. The third-order valence-electron chi connectivity index (χ3n) is 4.51. The van der Waals surface area contributed by atoms with Gasteiger partial charge in [-0.1, -0.05) is 39.8 Å². The van der Waals surface area contributed by atoms with E-state index in [2.05, 4.69) is 39.8 Å². The van der Waals surface area contributed by atoms with Crippen LogP contribution in [0, 0.1) is 35.5 Å². The number of hydrogen-bond acceptors (Lipinski definition) is 1. The molecular formula is C15H26O. The zero-order valence-corrected chi connectivity index (χ0v) is 11.1. The van der Waals surface area contributed by atoms with Gasteiger partial charge in [-0.05, 0) is 48.3 Å². The minimum absolute atomic E-state index is 0.0904. The van der Waals surface area contributed by atoms with E-state index in [1.807, 2.05) is 0 Å². The maximum atomic E-state index is 10.4. The molecule has 2 aliphatic rings. The van der Waals surface area contributed by atoms with Gasteiger partial charge in [0.2, 0.25) is 0 Å². The highest BCUT2D eigenvalue weighted by atomic mass is 16.3. The number of allylic oxidation sites excluding steroid dienone is 2. The van der Waals surface area contributed by atoms with Crippen molar-refractivity contribution < 1.29 is 5.11 Å². The maximum absolute atomic E-state index is 10.4. The standard InChI is InChI=1S/C15H26O/c1-9(2)7-13(16)15-12-6-5-11(8-12)14(15)10(3)4/h5-6,9-16H,7-8H2,1-4H3/t11-,12+,13+,14-,15?/m0/s1. The van der Waals surface area contributed by atoms with Crippen LogP contribution in [0.15, 0.2) is 12.2 Å². The molecule has 0 aliphatic heterocycles. The minimum atomic E-state index is -0.0904. The summed E-state index contributed by atoms with van der Waals surface area (Å²) in [6.45, 7) is 9.04. The molecule has 1 unspecified atom stereocenters. The smallest absolute Gasteiger partial charge is 0.0579 e. The van der Waals surface area contributed by atoms with Gasteiger partial charge in [-0.2, -0.15) is 0 Å². The van der Waals surface area contributed by atoms with Gasteiger partial charge in [-0.3, -0.25) is 0 Å². The molecule has 0 aromatic carbocycles. The van der Waals surface area contributed by atoms with Crippen molar-refractivity contribution in [3.8, 4) is 0 Å². The van der Waals surface area contributed by atoms with Crippen molar-refractivity contribution in [2.75, 3.05) is 0 Å². The lowest BCUT2D eigenvalue weighted by Gasteiger charge is -2.35. The quantitative estimate of drug-likeness (QED) is 0.722. The summed E-state index contributed by atoms with van der Waals surface area (Å²) in [6, 6.07) is 0. The second kappa shape index (κ2) is 4.52. The van der Waals surface area contributed by atoms with E-state index in [4.69, 9.17) is 0 Å². The van der Waals surface area contributed by atoms with Gasteiger partial charge in [0.1, 0.15) is 0 Å². The molecule has 0 aromatic rings. The van der Waals surface area contributed by atoms with Crippen LogP contribution in [0.2, 0.25) is 0 Å². The van der Waals surface area contributed by atoms with Crippen LogP contribution in [-0.2, 0) is 0 Å². The first-order chi connectivity index (χ1) is 7.50. The summed E-state index contributed by atoms with van der Waals surface area (Å²) >= 11 is 0. The van der Waals surface area contributed by atoms with Gasteiger partial charge in [0.05, 0.1) is 6.10 Å². The molecule has 2 aliphatic carbocycles. The van der Waals surface area contributed by atoms with Crippen molar-refractivity contribution in [2.45, 2.75) is 46.6 Å². The summed E-state index contributed by atoms with van der Waals surface area (Å²) in [7, 11) is 0. The number of fused-ring (bicyclic) bond motifs is 2. The first-order valence-electron chi connectivity index (χ1n) is 6.87. The highest BCUT2D eigenvalue weighted by Crippen LogP contribution is 2.52. The van der Waals surface area contributed by atoms with Gasteiger partial charge in [0.15, 0.2) is 0 Å². The van der Waals surface area contributed by atoms with Crippen LogP contribution in [0.5, 0.6) is 0 Å². The Morgan fingerprint density at radius 3 is 2.12 bits per heavy atom. The molecule has 0 spiro atoms. The number of hydrogen-bond donors (Lipinski definition) is 1. The second-order valence-corrected chi connectivity index (χ2v) is 6.54. The van der Waals surface area contributed by atoms with Gasteiger partial charge in [-0.25, -0.2) is 0 Å². The lowest BCUT2D eigenvalue weighted by atomic mass is 9.72. The molecule has 0 radical (unpaired) electrons. The second-order valence-electron chi connectivity index (χ2n) is 6.54. The fraction of sp³-hybridized carbons (Fsp3) is 0.867. The highest BCUT2D eigenvalue weighted by molar-refractivity contribution is 5.15. The van der Waals surface area contributed by atoms with Crippen LogP contribution in [0.1, 0.15) is 40.5 Å². The lowest BCUT2D eigenvalue weighted by molar-refractivity contribution is 0.0340. The van der Waals surface area contributed by atoms with Gasteiger partial charge in [-0.15, -0.1) is 0 Å². The monoisotopic (exact) mass is 222 g/mol. The van der Waals surface area contributed by atoms with E-state index in [1.54, 1.807) is 0 Å². The Balaban J connectivity index is 2.10. The van der Waals surface area contributed by atoms with Crippen molar-refractivity contribution in [1.82, 2.24) is 0 Å².